The average Bonchev–Trinajstić information content (AvgIpc) is 2.75. The third-order valence-electron chi connectivity index (χ3n) is 6.70. The summed E-state index contributed by atoms with van der Waals surface area (Å²) in [5.74, 6) is 0.707. The predicted molar refractivity (Wildman–Crippen MR) is 131 cm³/mol. The van der Waals surface area contributed by atoms with Crippen LogP contribution in [0, 0.1) is 0 Å². The Bertz CT molecular complexity index is 570. The van der Waals surface area contributed by atoms with Gasteiger partial charge in [-0.2, -0.15) is 0 Å². The van der Waals surface area contributed by atoms with Crippen molar-refractivity contribution in [3.63, 3.8) is 0 Å². The highest BCUT2D eigenvalue weighted by Crippen LogP contribution is 2.35. The zero-order chi connectivity index (χ0) is 20.5. The molecule has 0 spiro atoms. The number of halogens is 1. The molecular weight excluding hydrogens is 493 g/mol. The first-order valence-corrected chi connectivity index (χ1v) is 11.7. The smallest absolute Gasteiger partial charge is 0.229 e. The first kappa shape index (κ1) is 25.4. The molecular formula is C22H40IN5O2. The Morgan fingerprint density at radius 2 is 1.57 bits per heavy atom. The van der Waals surface area contributed by atoms with E-state index < -0.39 is 0 Å². The number of guanidine groups is 1. The minimum absolute atomic E-state index is 0. The molecule has 1 saturated carbocycles. The van der Waals surface area contributed by atoms with E-state index in [0.29, 0.717) is 32.4 Å². The highest BCUT2D eigenvalue weighted by atomic mass is 127. The number of hydrogen-bond donors (Lipinski definition) is 2. The molecule has 0 aromatic rings. The van der Waals surface area contributed by atoms with E-state index in [9.17, 15) is 9.59 Å². The van der Waals surface area contributed by atoms with Gasteiger partial charge >= 0.3 is 0 Å². The maximum atomic E-state index is 12.0. The lowest BCUT2D eigenvalue weighted by Gasteiger charge is -2.47. The van der Waals surface area contributed by atoms with E-state index in [1.54, 1.807) is 0 Å². The maximum Gasteiger partial charge on any atom is 0.229 e. The topological polar surface area (TPSA) is 77.0 Å². The molecule has 3 fully saturated rings. The van der Waals surface area contributed by atoms with Gasteiger partial charge in [0.15, 0.2) is 5.96 Å². The Kier molecular flexibility index (Phi) is 10.8. The van der Waals surface area contributed by atoms with E-state index in [1.165, 1.54) is 69.4 Å². The number of aliphatic imine (C=N–C) groups is 1. The van der Waals surface area contributed by atoms with Crippen molar-refractivity contribution in [2.75, 3.05) is 39.3 Å². The highest BCUT2D eigenvalue weighted by Gasteiger charge is 2.38. The number of imide groups is 1. The largest absolute Gasteiger partial charge is 0.357 e. The van der Waals surface area contributed by atoms with Crippen molar-refractivity contribution in [2.45, 2.75) is 83.1 Å². The molecule has 3 rings (SSSR count). The summed E-state index contributed by atoms with van der Waals surface area (Å²) in [6, 6.07) is 0. The van der Waals surface area contributed by atoms with Crippen LogP contribution in [0.4, 0.5) is 0 Å². The number of piperidine rings is 2. The molecule has 0 unspecified atom stereocenters. The fourth-order valence-corrected chi connectivity index (χ4v) is 5.06. The van der Waals surface area contributed by atoms with Crippen LogP contribution in [0.25, 0.3) is 0 Å². The number of nitrogens with zero attached hydrogens (tertiary/aromatic N) is 3. The van der Waals surface area contributed by atoms with Gasteiger partial charge in [-0.15, -0.1) is 24.0 Å². The van der Waals surface area contributed by atoms with Crippen LogP contribution in [0.1, 0.15) is 77.6 Å². The zero-order valence-corrected chi connectivity index (χ0v) is 20.9. The van der Waals surface area contributed by atoms with Gasteiger partial charge in [0.25, 0.3) is 0 Å². The van der Waals surface area contributed by atoms with Crippen molar-refractivity contribution in [3.8, 4) is 0 Å². The fraction of sp³-hybridized carbons (Fsp3) is 0.864. The molecule has 0 aromatic heterocycles. The van der Waals surface area contributed by atoms with Crippen LogP contribution in [0.2, 0.25) is 0 Å². The Morgan fingerprint density at radius 3 is 2.20 bits per heavy atom. The molecule has 0 bridgehead atoms. The second kappa shape index (κ2) is 12.8. The number of rotatable bonds is 7. The van der Waals surface area contributed by atoms with Crippen molar-refractivity contribution in [2.24, 2.45) is 4.99 Å². The summed E-state index contributed by atoms with van der Waals surface area (Å²) >= 11 is 0. The molecule has 2 saturated heterocycles. The van der Waals surface area contributed by atoms with Crippen molar-refractivity contribution in [1.29, 1.82) is 0 Å². The van der Waals surface area contributed by atoms with Crippen LogP contribution in [-0.2, 0) is 9.59 Å². The minimum atomic E-state index is -0.0451. The quantitative estimate of drug-likeness (QED) is 0.228. The SMILES string of the molecule is CCNC(=NCC1(N2CCCCC2)CCCCC1)NCCN1C(=O)CCCC1=O.I. The second-order valence-electron chi connectivity index (χ2n) is 8.75. The maximum absolute atomic E-state index is 12.0. The van der Waals surface area contributed by atoms with E-state index in [4.69, 9.17) is 4.99 Å². The molecule has 0 radical (unpaired) electrons. The van der Waals surface area contributed by atoms with Crippen LogP contribution >= 0.6 is 24.0 Å². The number of hydrogen-bond acceptors (Lipinski definition) is 4. The number of likely N-dealkylation sites (tertiary alicyclic amines) is 2. The summed E-state index contributed by atoms with van der Waals surface area (Å²) in [7, 11) is 0. The normalized spacial score (nSPS) is 23.1. The monoisotopic (exact) mass is 533 g/mol. The van der Waals surface area contributed by atoms with E-state index >= 15 is 0 Å². The number of carbonyl (C=O) groups is 2. The predicted octanol–water partition coefficient (Wildman–Crippen LogP) is 2.89. The van der Waals surface area contributed by atoms with Crippen molar-refractivity contribution >= 4 is 41.8 Å². The molecule has 172 valence electrons. The molecule has 2 N–H and O–H groups in total. The Morgan fingerprint density at radius 1 is 0.933 bits per heavy atom. The molecule has 7 nitrogen and oxygen atoms in total. The van der Waals surface area contributed by atoms with Gasteiger partial charge in [-0.1, -0.05) is 25.7 Å². The van der Waals surface area contributed by atoms with Crippen molar-refractivity contribution in [1.82, 2.24) is 20.4 Å². The standard InChI is InChI=1S/C22H39N5O2.HI/c1-2-23-21(24-14-17-27-19(28)10-9-11-20(27)29)25-18-22(12-5-3-6-13-22)26-15-7-4-8-16-26;/h2-18H2,1H3,(H2,23,24,25);1H. The summed E-state index contributed by atoms with van der Waals surface area (Å²) in [5.41, 5.74) is 0.208. The van der Waals surface area contributed by atoms with E-state index in [2.05, 4.69) is 22.5 Å². The van der Waals surface area contributed by atoms with Crippen LogP contribution in [-0.4, -0.2) is 72.4 Å². The lowest BCUT2D eigenvalue weighted by molar-refractivity contribution is -0.147. The summed E-state index contributed by atoms with van der Waals surface area (Å²) in [4.78, 5) is 33.0. The zero-order valence-electron chi connectivity index (χ0n) is 18.6. The summed E-state index contributed by atoms with van der Waals surface area (Å²) < 4.78 is 0. The Hall–Kier alpha value is -0.900. The fourth-order valence-electron chi connectivity index (χ4n) is 5.06. The van der Waals surface area contributed by atoms with Crippen molar-refractivity contribution < 1.29 is 9.59 Å². The molecule has 2 heterocycles. The molecule has 3 aliphatic rings. The first-order chi connectivity index (χ1) is 14.1. The van der Waals surface area contributed by atoms with Crippen LogP contribution in [0.15, 0.2) is 4.99 Å². The van der Waals surface area contributed by atoms with Crippen LogP contribution in [0.3, 0.4) is 0 Å². The Labute approximate surface area is 198 Å². The third-order valence-corrected chi connectivity index (χ3v) is 6.70. The number of amides is 2. The molecule has 8 heteroatoms. The van der Waals surface area contributed by atoms with Gasteiger partial charge in [0.1, 0.15) is 0 Å². The molecule has 0 atom stereocenters. The van der Waals surface area contributed by atoms with Crippen molar-refractivity contribution in [3.05, 3.63) is 0 Å². The second-order valence-corrected chi connectivity index (χ2v) is 8.75. The van der Waals surface area contributed by atoms with Gasteiger partial charge in [0, 0.05) is 38.0 Å². The number of carbonyl (C=O) groups excluding carboxylic acids is 2. The highest BCUT2D eigenvalue weighted by molar-refractivity contribution is 14.0. The first-order valence-electron chi connectivity index (χ1n) is 11.7. The van der Waals surface area contributed by atoms with Gasteiger partial charge in [0.05, 0.1) is 6.54 Å². The van der Waals surface area contributed by atoms with Gasteiger partial charge in [-0.05, 0) is 52.1 Å². The Balaban J connectivity index is 0.00000320. The average molecular weight is 533 g/mol. The molecule has 30 heavy (non-hydrogen) atoms. The van der Waals surface area contributed by atoms with Crippen LogP contribution < -0.4 is 10.6 Å². The lowest BCUT2D eigenvalue weighted by atomic mass is 9.79. The summed E-state index contributed by atoms with van der Waals surface area (Å²) in [5, 5.41) is 6.68. The van der Waals surface area contributed by atoms with E-state index in [0.717, 1.165) is 19.0 Å². The van der Waals surface area contributed by atoms with Gasteiger partial charge in [-0.3, -0.25) is 24.4 Å². The van der Waals surface area contributed by atoms with Gasteiger partial charge in [0.2, 0.25) is 11.8 Å². The van der Waals surface area contributed by atoms with Gasteiger partial charge < -0.3 is 10.6 Å². The van der Waals surface area contributed by atoms with Crippen LogP contribution in [0.5, 0.6) is 0 Å². The molecule has 0 aromatic carbocycles. The molecule has 2 aliphatic heterocycles. The summed E-state index contributed by atoms with van der Waals surface area (Å²) in [6.07, 6.45) is 12.1. The minimum Gasteiger partial charge on any atom is -0.357 e. The lowest BCUT2D eigenvalue weighted by Crippen LogP contribution is -2.55. The van der Waals surface area contributed by atoms with Gasteiger partial charge in [-0.25, -0.2) is 0 Å². The molecule has 1 aliphatic carbocycles. The summed E-state index contributed by atoms with van der Waals surface area (Å²) in [6.45, 7) is 7.06. The van der Waals surface area contributed by atoms with E-state index in [1.807, 2.05) is 0 Å². The third kappa shape index (κ3) is 6.80. The van der Waals surface area contributed by atoms with E-state index in [-0.39, 0.29) is 41.3 Å². The number of nitrogens with one attached hydrogen (secondary N) is 2. The molecule has 2 amide bonds.